The van der Waals surface area contributed by atoms with E-state index in [1.165, 1.54) is 33.4 Å². The van der Waals surface area contributed by atoms with Gasteiger partial charge in [-0.15, -0.1) is 0 Å². The molecule has 8 aromatic rings. The van der Waals surface area contributed by atoms with Gasteiger partial charge in [-0.25, -0.2) is 9.97 Å². The normalized spacial score (nSPS) is 13.1. The van der Waals surface area contributed by atoms with Crippen LogP contribution in [-0.2, 0) is 5.41 Å². The fraction of sp³-hybridized carbons (Fsp3) is 0.0213. The van der Waals surface area contributed by atoms with Crippen molar-refractivity contribution < 1.29 is 4.74 Å². The second-order valence-corrected chi connectivity index (χ2v) is 12.9. The zero-order valence-electron chi connectivity index (χ0n) is 27.1. The molecule has 0 saturated heterocycles. The topological polar surface area (TPSA) is 35.0 Å². The summed E-state index contributed by atoms with van der Waals surface area (Å²) in [5, 5.41) is 0. The Hall–Kier alpha value is -6.58. The minimum absolute atomic E-state index is 0.498. The van der Waals surface area contributed by atoms with Crippen LogP contribution in [0.25, 0.3) is 56.2 Å². The van der Waals surface area contributed by atoms with Crippen molar-refractivity contribution in [2.75, 3.05) is 0 Å². The van der Waals surface area contributed by atoms with Crippen LogP contribution in [0.5, 0.6) is 11.5 Å². The van der Waals surface area contributed by atoms with Crippen molar-refractivity contribution in [2.45, 2.75) is 5.41 Å². The van der Waals surface area contributed by atoms with Gasteiger partial charge in [0.2, 0.25) is 0 Å². The molecule has 0 N–H and O–H groups in total. The summed E-state index contributed by atoms with van der Waals surface area (Å²) in [7, 11) is 0. The van der Waals surface area contributed by atoms with Crippen molar-refractivity contribution in [3.63, 3.8) is 0 Å². The number of hydrogen-bond donors (Lipinski definition) is 0. The molecule has 2 aliphatic rings. The maximum absolute atomic E-state index is 6.51. The molecular weight excluding hydrogens is 609 g/mol. The molecular formula is C47H30N2O. The number of ether oxygens (including phenoxy) is 1. The van der Waals surface area contributed by atoms with E-state index in [1.807, 2.05) is 24.3 Å². The van der Waals surface area contributed by atoms with Crippen molar-refractivity contribution in [1.82, 2.24) is 9.97 Å². The Kier molecular flexibility index (Phi) is 6.40. The minimum atomic E-state index is -0.498. The number of hydrogen-bond acceptors (Lipinski definition) is 3. The number of aromatic nitrogens is 2. The molecule has 3 nitrogen and oxygen atoms in total. The lowest BCUT2D eigenvalue weighted by Crippen LogP contribution is -2.32. The standard InChI is InChI=1S/C47H30N2O/c1-3-13-31(14-4-1)32-23-25-33(26-24-32)42-30-43(49-46(48-42)34-15-5-2-6-16-34)35-27-28-39-37(29-35)36-17-7-8-18-38(36)47(39)40-19-9-11-21-44(40)50-45-22-12-10-20-41(45)47/h1-30H. The van der Waals surface area contributed by atoms with E-state index in [4.69, 9.17) is 14.7 Å². The van der Waals surface area contributed by atoms with Gasteiger partial charge in [-0.1, -0.05) is 158 Å². The van der Waals surface area contributed by atoms with Gasteiger partial charge in [0.1, 0.15) is 11.5 Å². The molecule has 10 rings (SSSR count). The van der Waals surface area contributed by atoms with Crippen LogP contribution in [0, 0.1) is 0 Å². The van der Waals surface area contributed by atoms with Crippen LogP contribution in [-0.4, -0.2) is 9.97 Å². The van der Waals surface area contributed by atoms with Gasteiger partial charge >= 0.3 is 0 Å². The van der Waals surface area contributed by atoms with Gasteiger partial charge in [0.25, 0.3) is 0 Å². The summed E-state index contributed by atoms with van der Waals surface area (Å²) in [5.41, 5.74) is 14.0. The van der Waals surface area contributed by atoms with Gasteiger partial charge in [0.05, 0.1) is 16.8 Å². The van der Waals surface area contributed by atoms with E-state index < -0.39 is 5.41 Å². The van der Waals surface area contributed by atoms with Gasteiger partial charge < -0.3 is 4.74 Å². The van der Waals surface area contributed by atoms with Crippen molar-refractivity contribution in [3.05, 3.63) is 204 Å². The molecule has 1 aliphatic heterocycles. The molecule has 0 unspecified atom stereocenters. The third-order valence-corrected chi connectivity index (χ3v) is 10.2. The highest BCUT2D eigenvalue weighted by atomic mass is 16.5. The first-order chi connectivity index (χ1) is 24.8. The van der Waals surface area contributed by atoms with Gasteiger partial charge in [-0.05, 0) is 57.6 Å². The second-order valence-electron chi connectivity index (χ2n) is 12.9. The largest absolute Gasteiger partial charge is 0.457 e. The van der Waals surface area contributed by atoms with Gasteiger partial charge in [0, 0.05) is 27.8 Å². The summed E-state index contributed by atoms with van der Waals surface area (Å²) in [4.78, 5) is 10.3. The van der Waals surface area contributed by atoms with Crippen LogP contribution in [0.4, 0.5) is 0 Å². The van der Waals surface area contributed by atoms with Crippen LogP contribution in [0.3, 0.4) is 0 Å². The van der Waals surface area contributed by atoms with E-state index >= 15 is 0 Å². The fourth-order valence-electron chi connectivity index (χ4n) is 7.94. The summed E-state index contributed by atoms with van der Waals surface area (Å²) in [6.45, 7) is 0. The maximum Gasteiger partial charge on any atom is 0.160 e. The maximum atomic E-state index is 6.51. The Bertz CT molecular complexity index is 2510. The molecule has 1 aliphatic carbocycles. The summed E-state index contributed by atoms with van der Waals surface area (Å²) < 4.78 is 6.51. The molecule has 3 heteroatoms. The highest BCUT2D eigenvalue weighted by Crippen LogP contribution is 2.62. The predicted octanol–water partition coefficient (Wildman–Crippen LogP) is 11.6. The highest BCUT2D eigenvalue weighted by Gasteiger charge is 2.50. The Balaban J connectivity index is 1.16. The summed E-state index contributed by atoms with van der Waals surface area (Å²) in [6, 6.07) is 64.1. The van der Waals surface area contributed by atoms with Crippen molar-refractivity contribution >= 4 is 0 Å². The molecule has 1 spiro atoms. The fourth-order valence-corrected chi connectivity index (χ4v) is 7.94. The highest BCUT2D eigenvalue weighted by molar-refractivity contribution is 5.90. The molecule has 1 aromatic heterocycles. The molecule has 0 fully saturated rings. The molecule has 7 aromatic carbocycles. The monoisotopic (exact) mass is 638 g/mol. The number of fused-ring (bicyclic) bond motifs is 9. The summed E-state index contributed by atoms with van der Waals surface area (Å²) >= 11 is 0. The number of nitrogens with zero attached hydrogens (tertiary/aromatic N) is 2. The van der Waals surface area contributed by atoms with Crippen molar-refractivity contribution in [2.24, 2.45) is 0 Å². The van der Waals surface area contributed by atoms with Crippen molar-refractivity contribution in [1.29, 1.82) is 0 Å². The van der Waals surface area contributed by atoms with E-state index in [0.717, 1.165) is 50.7 Å². The predicted molar refractivity (Wildman–Crippen MR) is 201 cm³/mol. The first kappa shape index (κ1) is 28.4. The van der Waals surface area contributed by atoms with Crippen LogP contribution in [0.1, 0.15) is 22.3 Å². The minimum Gasteiger partial charge on any atom is -0.457 e. The van der Waals surface area contributed by atoms with Crippen LogP contribution >= 0.6 is 0 Å². The Morgan fingerprint density at radius 2 is 0.820 bits per heavy atom. The molecule has 2 heterocycles. The van der Waals surface area contributed by atoms with E-state index in [-0.39, 0.29) is 0 Å². The number of rotatable bonds is 4. The number of para-hydroxylation sites is 2. The van der Waals surface area contributed by atoms with Gasteiger partial charge in [-0.3, -0.25) is 0 Å². The SMILES string of the molecule is c1ccc(-c2ccc(-c3cc(-c4ccc5c(c4)-c4ccccc4C54c5ccccc5Oc5ccccc54)nc(-c4ccccc4)n3)cc2)cc1. The average Bonchev–Trinajstić information content (AvgIpc) is 3.48. The molecule has 0 bridgehead atoms. The zero-order valence-corrected chi connectivity index (χ0v) is 27.1. The number of benzene rings is 7. The first-order valence-corrected chi connectivity index (χ1v) is 17.0. The van der Waals surface area contributed by atoms with Crippen LogP contribution in [0.15, 0.2) is 182 Å². The lowest BCUT2D eigenvalue weighted by Gasteiger charge is -2.39. The summed E-state index contributed by atoms with van der Waals surface area (Å²) in [6.07, 6.45) is 0. The Labute approximate surface area is 291 Å². The lowest BCUT2D eigenvalue weighted by atomic mass is 9.66. The molecule has 0 radical (unpaired) electrons. The molecule has 234 valence electrons. The van der Waals surface area contributed by atoms with Crippen molar-refractivity contribution in [3.8, 4) is 67.7 Å². The molecule has 0 saturated carbocycles. The molecule has 0 amide bonds. The van der Waals surface area contributed by atoms with E-state index in [0.29, 0.717) is 5.82 Å². The van der Waals surface area contributed by atoms with Gasteiger partial charge in [-0.2, -0.15) is 0 Å². The third-order valence-electron chi connectivity index (χ3n) is 10.2. The smallest absolute Gasteiger partial charge is 0.160 e. The zero-order chi connectivity index (χ0) is 33.1. The second kappa shape index (κ2) is 11.3. The van der Waals surface area contributed by atoms with Crippen LogP contribution in [0.2, 0.25) is 0 Å². The Morgan fingerprint density at radius 3 is 1.50 bits per heavy atom. The van der Waals surface area contributed by atoms with E-state index in [2.05, 4.69) is 158 Å². The van der Waals surface area contributed by atoms with E-state index in [1.54, 1.807) is 0 Å². The van der Waals surface area contributed by atoms with Crippen LogP contribution < -0.4 is 4.74 Å². The first-order valence-electron chi connectivity index (χ1n) is 17.0. The molecule has 0 atom stereocenters. The van der Waals surface area contributed by atoms with Gasteiger partial charge in [0.15, 0.2) is 5.82 Å². The Morgan fingerprint density at radius 1 is 0.340 bits per heavy atom. The quantitative estimate of drug-likeness (QED) is 0.192. The summed E-state index contributed by atoms with van der Waals surface area (Å²) in [5.74, 6) is 2.49. The average molecular weight is 639 g/mol. The van der Waals surface area contributed by atoms with E-state index in [9.17, 15) is 0 Å². The molecule has 50 heavy (non-hydrogen) atoms. The lowest BCUT2D eigenvalue weighted by molar-refractivity contribution is 0.436. The third kappa shape index (κ3) is 4.30.